The third-order valence-electron chi connectivity index (χ3n) is 4.40. The number of aryl methyl sites for hydroxylation is 3. The Morgan fingerprint density at radius 1 is 1.19 bits per heavy atom. The average Bonchev–Trinajstić information content (AvgIpc) is 2.95. The van der Waals surface area contributed by atoms with Crippen molar-refractivity contribution in [3.8, 4) is 34.1 Å². The molecule has 3 aromatic rings. The topological polar surface area (TPSA) is 70.0 Å². The highest BCUT2D eigenvalue weighted by Gasteiger charge is 2.21. The molecule has 4 nitrogen and oxygen atoms in total. The summed E-state index contributed by atoms with van der Waals surface area (Å²) < 4.78 is 19.3. The van der Waals surface area contributed by atoms with Crippen LogP contribution in [-0.4, -0.2) is 10.3 Å². The van der Waals surface area contributed by atoms with Crippen LogP contribution in [0.4, 0.5) is 4.39 Å². The second-order valence-corrected chi connectivity index (χ2v) is 6.29. The molecule has 0 spiro atoms. The van der Waals surface area contributed by atoms with Gasteiger partial charge < -0.3 is 9.63 Å². The molecular formula is C21H19FN2O2. The summed E-state index contributed by atoms with van der Waals surface area (Å²) in [6.07, 6.45) is 1.74. The number of nitriles is 1. The molecule has 2 aromatic carbocycles. The van der Waals surface area contributed by atoms with Gasteiger partial charge in [-0.15, -0.1) is 0 Å². The lowest BCUT2D eigenvalue weighted by Crippen LogP contribution is -1.96. The van der Waals surface area contributed by atoms with Crippen molar-refractivity contribution in [2.45, 2.75) is 33.6 Å². The van der Waals surface area contributed by atoms with E-state index in [4.69, 9.17) is 4.52 Å². The summed E-state index contributed by atoms with van der Waals surface area (Å²) in [5.74, 6) is -0.507. The van der Waals surface area contributed by atoms with Crippen molar-refractivity contribution in [2.24, 2.45) is 0 Å². The van der Waals surface area contributed by atoms with E-state index >= 15 is 0 Å². The van der Waals surface area contributed by atoms with Gasteiger partial charge in [-0.05, 0) is 55.2 Å². The number of halogens is 1. The fraction of sp³-hybridized carbons (Fsp3) is 0.238. The summed E-state index contributed by atoms with van der Waals surface area (Å²) >= 11 is 0. The maximum Gasteiger partial charge on any atom is 0.165 e. The highest BCUT2D eigenvalue weighted by atomic mass is 19.1. The molecule has 0 aliphatic heterocycles. The van der Waals surface area contributed by atoms with E-state index in [1.165, 1.54) is 12.1 Å². The van der Waals surface area contributed by atoms with Gasteiger partial charge in [-0.25, -0.2) is 4.39 Å². The third-order valence-corrected chi connectivity index (χ3v) is 4.40. The first kappa shape index (κ1) is 17.7. The predicted molar refractivity (Wildman–Crippen MR) is 97.2 cm³/mol. The number of aromatic hydroxyl groups is 1. The van der Waals surface area contributed by atoms with Crippen LogP contribution in [-0.2, 0) is 6.42 Å². The van der Waals surface area contributed by atoms with Gasteiger partial charge in [0, 0.05) is 11.1 Å². The minimum Gasteiger partial charge on any atom is -0.505 e. The minimum absolute atomic E-state index is 0.405. The molecule has 0 bridgehead atoms. The van der Waals surface area contributed by atoms with Crippen molar-refractivity contribution in [1.82, 2.24) is 5.16 Å². The molecule has 0 aliphatic carbocycles. The Morgan fingerprint density at radius 3 is 2.54 bits per heavy atom. The first-order valence-corrected chi connectivity index (χ1v) is 8.45. The quantitative estimate of drug-likeness (QED) is 0.693. The summed E-state index contributed by atoms with van der Waals surface area (Å²) in [5, 5.41) is 23.3. The zero-order chi connectivity index (χ0) is 18.8. The van der Waals surface area contributed by atoms with E-state index in [0.29, 0.717) is 28.1 Å². The zero-order valence-corrected chi connectivity index (χ0v) is 14.9. The summed E-state index contributed by atoms with van der Waals surface area (Å²) in [6, 6.07) is 10.3. The number of phenols is 1. The molecule has 5 heteroatoms. The number of phenolic OH excluding ortho intramolecular Hbond substituents is 1. The van der Waals surface area contributed by atoms with E-state index in [9.17, 15) is 14.8 Å². The lowest BCUT2D eigenvalue weighted by molar-refractivity contribution is 0.393. The first-order valence-electron chi connectivity index (χ1n) is 8.45. The molecule has 0 saturated carbocycles. The van der Waals surface area contributed by atoms with Crippen molar-refractivity contribution in [3.05, 3.63) is 58.7 Å². The van der Waals surface area contributed by atoms with Crippen molar-refractivity contribution in [3.63, 3.8) is 0 Å². The maximum absolute atomic E-state index is 14.0. The van der Waals surface area contributed by atoms with Crippen LogP contribution in [0.3, 0.4) is 0 Å². The second kappa shape index (κ2) is 7.01. The van der Waals surface area contributed by atoms with Gasteiger partial charge in [0.1, 0.15) is 5.76 Å². The molecule has 1 heterocycles. The van der Waals surface area contributed by atoms with Gasteiger partial charge in [0.2, 0.25) is 0 Å². The van der Waals surface area contributed by atoms with Crippen LogP contribution in [0.2, 0.25) is 0 Å². The van der Waals surface area contributed by atoms with E-state index in [-0.39, 0.29) is 0 Å². The average molecular weight is 350 g/mol. The van der Waals surface area contributed by atoms with Gasteiger partial charge in [-0.2, -0.15) is 5.26 Å². The fourth-order valence-corrected chi connectivity index (χ4v) is 3.23. The molecule has 0 unspecified atom stereocenters. The smallest absolute Gasteiger partial charge is 0.165 e. The van der Waals surface area contributed by atoms with Gasteiger partial charge in [0.15, 0.2) is 11.6 Å². The number of hydrogen-bond acceptors (Lipinski definition) is 4. The number of aromatic nitrogens is 1. The van der Waals surface area contributed by atoms with E-state index in [1.54, 1.807) is 13.0 Å². The molecule has 3 rings (SSSR count). The van der Waals surface area contributed by atoms with Crippen LogP contribution in [0.5, 0.6) is 5.75 Å². The van der Waals surface area contributed by atoms with Crippen LogP contribution in [0, 0.1) is 31.0 Å². The first-order chi connectivity index (χ1) is 12.5. The summed E-state index contributed by atoms with van der Waals surface area (Å²) in [5.41, 5.74) is 4.90. The summed E-state index contributed by atoms with van der Waals surface area (Å²) in [4.78, 5) is 0. The molecule has 0 atom stereocenters. The maximum atomic E-state index is 14.0. The largest absolute Gasteiger partial charge is 0.505 e. The fourth-order valence-electron chi connectivity index (χ4n) is 3.23. The van der Waals surface area contributed by atoms with Gasteiger partial charge in [0.25, 0.3) is 0 Å². The standard InChI is InChI=1S/C21H19FN2O2/c1-4-5-14-8-16(11-23)21(20-12(2)24-26-13(20)3)17(9-14)15-6-7-19(25)18(22)10-15/h6-10,25H,4-5H2,1-3H3. The molecule has 0 saturated heterocycles. The van der Waals surface area contributed by atoms with Crippen LogP contribution >= 0.6 is 0 Å². The summed E-state index contributed by atoms with van der Waals surface area (Å²) in [7, 11) is 0. The van der Waals surface area contributed by atoms with Crippen molar-refractivity contribution in [1.29, 1.82) is 5.26 Å². The highest BCUT2D eigenvalue weighted by Crippen LogP contribution is 2.40. The number of hydrogen-bond donors (Lipinski definition) is 1. The van der Waals surface area contributed by atoms with Gasteiger partial charge in [-0.3, -0.25) is 0 Å². The Balaban J connectivity index is 2.38. The van der Waals surface area contributed by atoms with Gasteiger partial charge in [-0.1, -0.05) is 30.6 Å². The van der Waals surface area contributed by atoms with Crippen LogP contribution in [0.25, 0.3) is 22.3 Å². The molecule has 0 radical (unpaired) electrons. The minimum atomic E-state index is -0.702. The van der Waals surface area contributed by atoms with Crippen molar-refractivity contribution < 1.29 is 14.0 Å². The van der Waals surface area contributed by atoms with E-state index in [0.717, 1.165) is 29.5 Å². The second-order valence-electron chi connectivity index (χ2n) is 6.29. The Morgan fingerprint density at radius 2 is 1.96 bits per heavy atom. The summed E-state index contributed by atoms with van der Waals surface area (Å²) in [6.45, 7) is 5.67. The normalized spacial score (nSPS) is 10.7. The van der Waals surface area contributed by atoms with Gasteiger partial charge >= 0.3 is 0 Å². The SMILES string of the molecule is CCCc1cc(C#N)c(-c2c(C)noc2C)c(-c2ccc(O)c(F)c2)c1. The van der Waals surface area contributed by atoms with E-state index < -0.39 is 11.6 Å². The lowest BCUT2D eigenvalue weighted by Gasteiger charge is -2.15. The Hall–Kier alpha value is -3.13. The molecule has 1 N–H and O–H groups in total. The van der Waals surface area contributed by atoms with E-state index in [1.807, 2.05) is 19.1 Å². The third kappa shape index (κ3) is 3.06. The highest BCUT2D eigenvalue weighted by molar-refractivity contribution is 5.89. The Kier molecular flexibility index (Phi) is 4.77. The molecule has 132 valence electrons. The zero-order valence-electron chi connectivity index (χ0n) is 14.9. The Labute approximate surface area is 151 Å². The van der Waals surface area contributed by atoms with E-state index in [2.05, 4.69) is 18.1 Å². The Bertz CT molecular complexity index is 996. The monoisotopic (exact) mass is 350 g/mol. The van der Waals surface area contributed by atoms with Gasteiger partial charge in [0.05, 0.1) is 17.3 Å². The number of benzene rings is 2. The van der Waals surface area contributed by atoms with Crippen LogP contribution in [0.15, 0.2) is 34.9 Å². The molecule has 0 aliphatic rings. The van der Waals surface area contributed by atoms with Crippen LogP contribution in [0.1, 0.15) is 35.9 Å². The lowest BCUT2D eigenvalue weighted by atomic mass is 9.87. The number of rotatable bonds is 4. The molecule has 0 amide bonds. The molecular weight excluding hydrogens is 331 g/mol. The molecule has 26 heavy (non-hydrogen) atoms. The van der Waals surface area contributed by atoms with Crippen LogP contribution < -0.4 is 0 Å². The number of nitrogens with zero attached hydrogens (tertiary/aromatic N) is 2. The van der Waals surface area contributed by atoms with Crippen molar-refractivity contribution in [2.75, 3.05) is 0 Å². The molecule has 0 fully saturated rings. The van der Waals surface area contributed by atoms with Crippen molar-refractivity contribution >= 4 is 0 Å². The predicted octanol–water partition coefficient (Wildman–Crippen LogP) is 5.29. The molecule has 1 aromatic heterocycles.